The molecule has 0 fully saturated rings. The average Bonchev–Trinajstić information content (AvgIpc) is 2.28. The highest BCUT2D eigenvalue weighted by molar-refractivity contribution is 5.88. The van der Waals surface area contributed by atoms with Crippen LogP contribution in [0.5, 0.6) is 0 Å². The molecule has 1 aromatic rings. The van der Waals surface area contributed by atoms with E-state index in [2.05, 4.69) is 16.0 Å². The van der Waals surface area contributed by atoms with Crippen LogP contribution in [0, 0.1) is 0 Å². The SMILES string of the molecule is CNCC(=O)NCc1ccc(NC(C)=O)cc1.Cl. The first-order valence-corrected chi connectivity index (χ1v) is 5.39. The Morgan fingerprint density at radius 2 is 1.78 bits per heavy atom. The predicted octanol–water partition coefficient (Wildman–Crippen LogP) is 0.902. The molecule has 1 aromatic carbocycles. The summed E-state index contributed by atoms with van der Waals surface area (Å²) in [4.78, 5) is 22.0. The van der Waals surface area contributed by atoms with E-state index in [9.17, 15) is 9.59 Å². The molecule has 0 radical (unpaired) electrons. The van der Waals surface area contributed by atoms with Gasteiger partial charge in [-0.05, 0) is 24.7 Å². The van der Waals surface area contributed by atoms with Gasteiger partial charge < -0.3 is 16.0 Å². The number of likely N-dealkylation sites (N-methyl/N-ethyl adjacent to an activating group) is 1. The van der Waals surface area contributed by atoms with Crippen molar-refractivity contribution in [2.24, 2.45) is 0 Å². The fraction of sp³-hybridized carbons (Fsp3) is 0.333. The van der Waals surface area contributed by atoms with Gasteiger partial charge in [0, 0.05) is 19.2 Å². The van der Waals surface area contributed by atoms with Gasteiger partial charge in [0.1, 0.15) is 0 Å². The molecule has 0 saturated heterocycles. The van der Waals surface area contributed by atoms with Crippen LogP contribution in [0.1, 0.15) is 12.5 Å². The molecule has 0 bridgehead atoms. The van der Waals surface area contributed by atoms with Crippen LogP contribution >= 0.6 is 12.4 Å². The summed E-state index contributed by atoms with van der Waals surface area (Å²) in [5, 5.41) is 8.23. The number of nitrogens with one attached hydrogen (secondary N) is 3. The second-order valence-corrected chi connectivity index (χ2v) is 3.69. The summed E-state index contributed by atoms with van der Waals surface area (Å²) in [6, 6.07) is 7.35. The molecule has 0 heterocycles. The maximum atomic E-state index is 11.2. The highest BCUT2D eigenvalue weighted by Gasteiger charge is 2.00. The van der Waals surface area contributed by atoms with Crippen LogP contribution in [-0.2, 0) is 16.1 Å². The molecular weight excluding hydrogens is 254 g/mol. The largest absolute Gasteiger partial charge is 0.351 e. The third kappa shape index (κ3) is 6.22. The van der Waals surface area contributed by atoms with E-state index in [4.69, 9.17) is 0 Å². The molecule has 0 aromatic heterocycles. The van der Waals surface area contributed by atoms with Crippen molar-refractivity contribution in [3.63, 3.8) is 0 Å². The third-order valence-corrected chi connectivity index (χ3v) is 2.10. The van der Waals surface area contributed by atoms with Crippen molar-refractivity contribution in [1.29, 1.82) is 0 Å². The van der Waals surface area contributed by atoms with Crippen molar-refractivity contribution in [1.82, 2.24) is 10.6 Å². The number of amides is 2. The van der Waals surface area contributed by atoms with Gasteiger partial charge in [-0.25, -0.2) is 0 Å². The number of halogens is 1. The van der Waals surface area contributed by atoms with E-state index in [0.29, 0.717) is 13.1 Å². The van der Waals surface area contributed by atoms with Gasteiger partial charge in [-0.1, -0.05) is 12.1 Å². The molecule has 3 N–H and O–H groups in total. The number of benzene rings is 1. The van der Waals surface area contributed by atoms with Crippen molar-refractivity contribution < 1.29 is 9.59 Å². The topological polar surface area (TPSA) is 70.2 Å². The second kappa shape index (κ2) is 8.49. The van der Waals surface area contributed by atoms with Crippen LogP contribution < -0.4 is 16.0 Å². The zero-order valence-corrected chi connectivity index (χ0v) is 11.3. The van der Waals surface area contributed by atoms with Crippen LogP contribution in [0.2, 0.25) is 0 Å². The Morgan fingerprint density at radius 3 is 2.28 bits per heavy atom. The Morgan fingerprint density at radius 1 is 1.17 bits per heavy atom. The van der Waals surface area contributed by atoms with Gasteiger partial charge in [-0.2, -0.15) is 0 Å². The Bertz CT molecular complexity index is 393. The molecule has 0 saturated carbocycles. The molecule has 0 aliphatic rings. The average molecular weight is 272 g/mol. The number of hydrogen-bond acceptors (Lipinski definition) is 3. The maximum Gasteiger partial charge on any atom is 0.234 e. The summed E-state index contributed by atoms with van der Waals surface area (Å²) in [5.74, 6) is -0.140. The number of carbonyl (C=O) groups is 2. The Hall–Kier alpha value is -1.59. The molecule has 2 amide bonds. The lowest BCUT2D eigenvalue weighted by Gasteiger charge is -2.06. The van der Waals surface area contributed by atoms with E-state index in [0.717, 1.165) is 11.3 Å². The molecule has 100 valence electrons. The lowest BCUT2D eigenvalue weighted by molar-refractivity contribution is -0.120. The molecule has 0 atom stereocenters. The zero-order valence-electron chi connectivity index (χ0n) is 10.4. The molecular formula is C12H18ClN3O2. The Kier molecular flexibility index (Phi) is 7.74. The Balaban J connectivity index is 0.00000289. The summed E-state index contributed by atoms with van der Waals surface area (Å²) in [5.41, 5.74) is 1.74. The fourth-order valence-electron chi connectivity index (χ4n) is 1.33. The molecule has 0 spiro atoms. The minimum absolute atomic E-state index is 0. The molecule has 0 unspecified atom stereocenters. The van der Waals surface area contributed by atoms with Gasteiger partial charge in [0.2, 0.25) is 11.8 Å². The van der Waals surface area contributed by atoms with Gasteiger partial charge >= 0.3 is 0 Å². The lowest BCUT2D eigenvalue weighted by Crippen LogP contribution is -2.31. The van der Waals surface area contributed by atoms with Crippen molar-refractivity contribution in [3.05, 3.63) is 29.8 Å². The first kappa shape index (κ1) is 16.4. The van der Waals surface area contributed by atoms with E-state index in [1.54, 1.807) is 19.2 Å². The number of rotatable bonds is 5. The van der Waals surface area contributed by atoms with Gasteiger partial charge in [-0.3, -0.25) is 9.59 Å². The van der Waals surface area contributed by atoms with Crippen molar-refractivity contribution in [3.8, 4) is 0 Å². The first-order valence-electron chi connectivity index (χ1n) is 5.39. The molecule has 0 aliphatic carbocycles. The summed E-state index contributed by atoms with van der Waals surface area (Å²) < 4.78 is 0. The number of hydrogen-bond donors (Lipinski definition) is 3. The van der Waals surface area contributed by atoms with E-state index < -0.39 is 0 Å². The summed E-state index contributed by atoms with van der Waals surface area (Å²) in [7, 11) is 1.72. The minimum Gasteiger partial charge on any atom is -0.351 e. The van der Waals surface area contributed by atoms with Gasteiger partial charge in [0.05, 0.1) is 6.54 Å². The molecule has 5 nitrogen and oxygen atoms in total. The van der Waals surface area contributed by atoms with E-state index >= 15 is 0 Å². The summed E-state index contributed by atoms with van der Waals surface area (Å²) in [6.07, 6.45) is 0. The lowest BCUT2D eigenvalue weighted by atomic mass is 10.2. The monoisotopic (exact) mass is 271 g/mol. The van der Waals surface area contributed by atoms with Crippen LogP contribution in [0.4, 0.5) is 5.69 Å². The van der Waals surface area contributed by atoms with Crippen LogP contribution in [0.3, 0.4) is 0 Å². The third-order valence-electron chi connectivity index (χ3n) is 2.10. The molecule has 6 heteroatoms. The second-order valence-electron chi connectivity index (χ2n) is 3.69. The first-order chi connectivity index (χ1) is 8.11. The van der Waals surface area contributed by atoms with Gasteiger partial charge in [-0.15, -0.1) is 12.4 Å². The number of carbonyl (C=O) groups excluding carboxylic acids is 2. The van der Waals surface area contributed by atoms with Gasteiger partial charge in [0.15, 0.2) is 0 Å². The molecule has 1 rings (SSSR count). The van der Waals surface area contributed by atoms with Crippen molar-refractivity contribution >= 4 is 29.9 Å². The standard InChI is InChI=1S/C12H17N3O2.ClH/c1-9(16)15-11-5-3-10(4-6-11)7-14-12(17)8-13-2;/h3-6,13H,7-8H2,1-2H3,(H,14,17)(H,15,16);1H. The summed E-state index contributed by atoms with van der Waals surface area (Å²) in [6.45, 7) is 2.26. The normalized spacial score (nSPS) is 9.22. The van der Waals surface area contributed by atoms with E-state index in [1.807, 2.05) is 12.1 Å². The van der Waals surface area contributed by atoms with Crippen LogP contribution in [0.25, 0.3) is 0 Å². The van der Waals surface area contributed by atoms with Gasteiger partial charge in [0.25, 0.3) is 0 Å². The minimum atomic E-state index is -0.0972. The quantitative estimate of drug-likeness (QED) is 0.745. The predicted molar refractivity (Wildman–Crippen MR) is 73.8 cm³/mol. The van der Waals surface area contributed by atoms with Crippen molar-refractivity contribution in [2.75, 3.05) is 18.9 Å². The maximum absolute atomic E-state index is 11.2. The Labute approximate surface area is 113 Å². The van der Waals surface area contributed by atoms with Crippen LogP contribution in [-0.4, -0.2) is 25.4 Å². The molecule has 0 aliphatic heterocycles. The van der Waals surface area contributed by atoms with Crippen LogP contribution in [0.15, 0.2) is 24.3 Å². The fourth-order valence-corrected chi connectivity index (χ4v) is 1.33. The van der Waals surface area contributed by atoms with E-state index in [-0.39, 0.29) is 24.2 Å². The van der Waals surface area contributed by atoms with E-state index in [1.165, 1.54) is 6.92 Å². The van der Waals surface area contributed by atoms with Crippen molar-refractivity contribution in [2.45, 2.75) is 13.5 Å². The highest BCUT2D eigenvalue weighted by Crippen LogP contribution is 2.09. The molecule has 18 heavy (non-hydrogen) atoms. The highest BCUT2D eigenvalue weighted by atomic mass is 35.5. The summed E-state index contributed by atoms with van der Waals surface area (Å²) >= 11 is 0. The smallest absolute Gasteiger partial charge is 0.234 e. The number of anilines is 1. The zero-order chi connectivity index (χ0) is 12.7.